The van der Waals surface area contributed by atoms with Gasteiger partial charge in [0.2, 0.25) is 0 Å². The molecule has 4 rings (SSSR count). The Bertz CT molecular complexity index is 1390. The normalized spacial score (nSPS) is 13.0. The van der Waals surface area contributed by atoms with Gasteiger partial charge in [0.1, 0.15) is 11.6 Å². The van der Waals surface area contributed by atoms with Gasteiger partial charge in [-0.25, -0.2) is 9.18 Å². The maximum atomic E-state index is 13.2. The van der Waals surface area contributed by atoms with Crippen LogP contribution in [-0.4, -0.2) is 67.5 Å². The second-order valence-electron chi connectivity index (χ2n) is 8.57. The molecule has 3 aromatic carbocycles. The molecule has 0 aliphatic carbocycles. The number of hydrogen-bond acceptors (Lipinski definition) is 8. The van der Waals surface area contributed by atoms with E-state index in [9.17, 15) is 28.9 Å². The number of anilines is 2. The molecule has 0 aromatic heterocycles. The number of esters is 1. The van der Waals surface area contributed by atoms with E-state index in [1.54, 1.807) is 29.2 Å². The zero-order valence-corrected chi connectivity index (χ0v) is 21.0. The van der Waals surface area contributed by atoms with Gasteiger partial charge in [-0.3, -0.25) is 19.7 Å². The highest BCUT2D eigenvalue weighted by molar-refractivity contribution is 6.06. The van der Waals surface area contributed by atoms with E-state index < -0.39 is 23.4 Å². The molecule has 0 atom stereocenters. The summed E-state index contributed by atoms with van der Waals surface area (Å²) in [4.78, 5) is 52.5. The number of nitrogens with zero attached hydrogens (tertiary/aromatic N) is 3. The molecular weight excluding hydrogens is 511 g/mol. The number of non-ortho nitro benzene ring substituents is 1. The fraction of sp³-hybridized carbons (Fsp3) is 0.222. The molecule has 1 heterocycles. The molecule has 0 radical (unpaired) electrons. The third-order valence-corrected chi connectivity index (χ3v) is 6.14. The molecule has 2 amide bonds. The molecule has 1 fully saturated rings. The topological polar surface area (TPSA) is 131 Å². The lowest BCUT2D eigenvalue weighted by Gasteiger charge is -2.36. The predicted molar refractivity (Wildman–Crippen MR) is 140 cm³/mol. The van der Waals surface area contributed by atoms with Crippen molar-refractivity contribution in [2.45, 2.75) is 0 Å². The van der Waals surface area contributed by atoms with Crippen molar-refractivity contribution in [2.75, 3.05) is 50.1 Å². The number of amides is 2. The number of carbonyl (C=O) groups excluding carboxylic acids is 3. The molecule has 1 aliphatic heterocycles. The number of nitro benzene ring substituents is 1. The van der Waals surface area contributed by atoms with Crippen LogP contribution >= 0.6 is 0 Å². The summed E-state index contributed by atoms with van der Waals surface area (Å²) in [5, 5.41) is 13.4. The number of benzene rings is 3. The molecule has 0 bridgehead atoms. The van der Waals surface area contributed by atoms with Crippen molar-refractivity contribution in [3.05, 3.63) is 93.8 Å². The van der Waals surface area contributed by atoms with Gasteiger partial charge in [-0.15, -0.1) is 0 Å². The summed E-state index contributed by atoms with van der Waals surface area (Å²) in [6.07, 6.45) is 0. The second-order valence-corrected chi connectivity index (χ2v) is 8.57. The number of piperazine rings is 1. The van der Waals surface area contributed by atoms with E-state index in [-0.39, 0.29) is 40.0 Å². The number of methoxy groups -OCH3 is 1. The zero-order valence-electron chi connectivity index (χ0n) is 21.0. The smallest absolute Gasteiger partial charge is 0.339 e. The van der Waals surface area contributed by atoms with Crippen LogP contribution in [-0.2, 0) is 9.53 Å². The molecule has 0 saturated carbocycles. The maximum Gasteiger partial charge on any atom is 0.339 e. The lowest BCUT2D eigenvalue weighted by molar-refractivity contribution is -0.384. The summed E-state index contributed by atoms with van der Waals surface area (Å²) < 4.78 is 23.5. The first-order valence-electron chi connectivity index (χ1n) is 11.9. The van der Waals surface area contributed by atoms with Crippen molar-refractivity contribution in [3.63, 3.8) is 0 Å². The van der Waals surface area contributed by atoms with Crippen LogP contribution in [0.1, 0.15) is 20.7 Å². The number of ether oxygens (including phenoxy) is 2. The van der Waals surface area contributed by atoms with Crippen LogP contribution in [0.15, 0.2) is 66.7 Å². The van der Waals surface area contributed by atoms with Crippen molar-refractivity contribution in [2.24, 2.45) is 0 Å². The number of hydrogen-bond donors (Lipinski definition) is 1. The third-order valence-electron chi connectivity index (χ3n) is 6.14. The van der Waals surface area contributed by atoms with Gasteiger partial charge in [0, 0.05) is 37.9 Å². The van der Waals surface area contributed by atoms with Gasteiger partial charge in [-0.1, -0.05) is 12.1 Å². The predicted octanol–water partition coefficient (Wildman–Crippen LogP) is 3.50. The van der Waals surface area contributed by atoms with Crippen molar-refractivity contribution < 1.29 is 33.2 Å². The Morgan fingerprint density at radius 3 is 2.28 bits per heavy atom. The molecule has 39 heavy (non-hydrogen) atoms. The minimum Gasteiger partial charge on any atom is -0.494 e. The molecule has 1 aliphatic rings. The van der Waals surface area contributed by atoms with Crippen LogP contribution in [0.3, 0.4) is 0 Å². The average Bonchev–Trinajstić information content (AvgIpc) is 2.96. The van der Waals surface area contributed by atoms with Crippen molar-refractivity contribution in [1.29, 1.82) is 0 Å². The maximum absolute atomic E-state index is 13.2. The van der Waals surface area contributed by atoms with Crippen LogP contribution in [0.2, 0.25) is 0 Å². The monoisotopic (exact) mass is 536 g/mol. The van der Waals surface area contributed by atoms with Crippen LogP contribution in [0.5, 0.6) is 5.75 Å². The number of nitro groups is 1. The molecule has 0 unspecified atom stereocenters. The summed E-state index contributed by atoms with van der Waals surface area (Å²) in [6.45, 7) is 1.22. The van der Waals surface area contributed by atoms with Crippen LogP contribution in [0.25, 0.3) is 0 Å². The summed E-state index contributed by atoms with van der Waals surface area (Å²) >= 11 is 0. The van der Waals surface area contributed by atoms with Crippen molar-refractivity contribution in [1.82, 2.24) is 4.90 Å². The van der Waals surface area contributed by atoms with E-state index in [0.29, 0.717) is 26.2 Å². The number of rotatable bonds is 8. The summed E-state index contributed by atoms with van der Waals surface area (Å²) in [6, 6.07) is 16.0. The Kier molecular flexibility index (Phi) is 8.34. The van der Waals surface area contributed by atoms with Gasteiger partial charge in [0.15, 0.2) is 6.61 Å². The van der Waals surface area contributed by atoms with E-state index in [0.717, 1.165) is 11.8 Å². The van der Waals surface area contributed by atoms with Crippen LogP contribution in [0, 0.1) is 15.9 Å². The lowest BCUT2D eigenvalue weighted by Crippen LogP contribution is -2.49. The Balaban J connectivity index is 1.36. The van der Waals surface area contributed by atoms with Crippen LogP contribution < -0.4 is 15.0 Å². The molecule has 3 aromatic rings. The SMILES string of the molecule is COc1cc([N+](=O)[O-])ccc1NC(=O)COC(=O)c1ccccc1C(=O)N1CCN(c2ccc(F)cc2)CC1. The fourth-order valence-corrected chi connectivity index (χ4v) is 4.13. The summed E-state index contributed by atoms with van der Waals surface area (Å²) in [5.74, 6) is -2.15. The number of nitrogens with one attached hydrogen (secondary N) is 1. The first-order valence-corrected chi connectivity index (χ1v) is 11.9. The highest BCUT2D eigenvalue weighted by atomic mass is 19.1. The second kappa shape index (κ2) is 12.0. The Labute approximate surface area is 222 Å². The molecule has 1 saturated heterocycles. The van der Waals surface area contributed by atoms with Gasteiger partial charge in [-0.05, 0) is 42.5 Å². The van der Waals surface area contributed by atoms with Gasteiger partial charge in [0.25, 0.3) is 17.5 Å². The number of halogens is 1. The first-order chi connectivity index (χ1) is 18.8. The quantitative estimate of drug-likeness (QED) is 0.263. The fourth-order valence-electron chi connectivity index (χ4n) is 4.13. The van der Waals surface area contributed by atoms with Gasteiger partial charge in [0.05, 0.1) is 34.9 Å². The van der Waals surface area contributed by atoms with E-state index >= 15 is 0 Å². The molecule has 11 nitrogen and oxygen atoms in total. The van der Waals surface area contributed by atoms with Crippen molar-refractivity contribution >= 4 is 34.8 Å². The molecule has 1 N–H and O–H groups in total. The van der Waals surface area contributed by atoms with Gasteiger partial charge >= 0.3 is 5.97 Å². The molecule has 12 heteroatoms. The largest absolute Gasteiger partial charge is 0.494 e. The average molecular weight is 537 g/mol. The standard InChI is InChI=1S/C27H25FN4O7/c1-38-24-16-20(32(36)37)10-11-23(24)29-25(33)17-39-27(35)22-5-3-2-4-21(22)26(34)31-14-12-30(13-15-31)19-8-6-18(28)7-9-19/h2-11,16H,12-15,17H2,1H3,(H,29,33). The molecule has 0 spiro atoms. The summed E-state index contributed by atoms with van der Waals surface area (Å²) in [7, 11) is 1.30. The molecule has 202 valence electrons. The highest BCUT2D eigenvalue weighted by Crippen LogP contribution is 2.29. The van der Waals surface area contributed by atoms with E-state index in [1.165, 1.54) is 43.5 Å². The van der Waals surface area contributed by atoms with Crippen LogP contribution in [0.4, 0.5) is 21.5 Å². The summed E-state index contributed by atoms with van der Waals surface area (Å²) in [5.41, 5.74) is 0.977. The zero-order chi connectivity index (χ0) is 27.9. The van der Waals surface area contributed by atoms with Gasteiger partial charge < -0.3 is 24.6 Å². The lowest BCUT2D eigenvalue weighted by atomic mass is 10.1. The number of carbonyl (C=O) groups is 3. The highest BCUT2D eigenvalue weighted by Gasteiger charge is 2.26. The Hall–Kier alpha value is -5.00. The minimum absolute atomic E-state index is 0.0178. The van der Waals surface area contributed by atoms with Gasteiger partial charge in [-0.2, -0.15) is 0 Å². The van der Waals surface area contributed by atoms with Crippen molar-refractivity contribution in [3.8, 4) is 5.75 Å². The Morgan fingerprint density at radius 1 is 0.974 bits per heavy atom. The first kappa shape index (κ1) is 27.0. The van der Waals surface area contributed by atoms with E-state index in [4.69, 9.17) is 9.47 Å². The van der Waals surface area contributed by atoms with E-state index in [2.05, 4.69) is 5.32 Å². The van der Waals surface area contributed by atoms with E-state index in [1.807, 2.05) is 4.90 Å². The molecular formula is C27H25FN4O7. The third kappa shape index (κ3) is 6.47. The minimum atomic E-state index is -0.852. The Morgan fingerprint density at radius 2 is 1.64 bits per heavy atom.